The van der Waals surface area contributed by atoms with Crippen LogP contribution >= 0.6 is 0 Å². The first-order valence-corrected chi connectivity index (χ1v) is 8.03. The summed E-state index contributed by atoms with van der Waals surface area (Å²) in [5, 5.41) is 10.1. The Morgan fingerprint density at radius 3 is 2.62 bits per heavy atom. The highest BCUT2D eigenvalue weighted by atomic mass is 16.2. The highest BCUT2D eigenvalue weighted by molar-refractivity contribution is 5.93. The number of carbonyl (C=O) groups excluding carboxylic acids is 1. The number of carbonyl (C=O) groups is 1. The molecule has 0 atom stereocenters. The lowest BCUT2D eigenvalue weighted by atomic mass is 10.0. The minimum Gasteiger partial charge on any atom is -0.320 e. The number of urea groups is 1. The molecule has 0 saturated carbocycles. The van der Waals surface area contributed by atoms with E-state index in [4.69, 9.17) is 0 Å². The lowest BCUT2D eigenvalue weighted by Gasteiger charge is -2.28. The van der Waals surface area contributed by atoms with Gasteiger partial charge in [0.1, 0.15) is 5.69 Å². The molecule has 3 aromatic rings. The minimum atomic E-state index is -0.0944. The Labute approximate surface area is 140 Å². The molecule has 1 aliphatic rings. The molecule has 2 N–H and O–H groups in total. The van der Waals surface area contributed by atoms with Gasteiger partial charge in [-0.15, -0.1) is 0 Å². The molecule has 120 valence electrons. The Hall–Kier alpha value is -3.08. The number of hydrogen-bond acceptors (Lipinski definition) is 2. The molecule has 2 aromatic carbocycles. The van der Waals surface area contributed by atoms with E-state index in [9.17, 15) is 4.79 Å². The predicted octanol–water partition coefficient (Wildman–Crippen LogP) is 3.67. The number of aromatic amines is 1. The fraction of sp³-hybridized carbons (Fsp3) is 0.158. The molecule has 0 spiro atoms. The largest absolute Gasteiger partial charge is 0.322 e. The summed E-state index contributed by atoms with van der Waals surface area (Å²) >= 11 is 0. The van der Waals surface area contributed by atoms with E-state index in [0.29, 0.717) is 12.2 Å². The number of amides is 2. The summed E-state index contributed by atoms with van der Waals surface area (Å²) in [6, 6.07) is 18.0. The molecule has 0 bridgehead atoms. The molecule has 5 heteroatoms. The van der Waals surface area contributed by atoms with E-state index >= 15 is 0 Å². The van der Waals surface area contributed by atoms with Gasteiger partial charge in [0, 0.05) is 24.8 Å². The molecular formula is C19H18N4O. The van der Waals surface area contributed by atoms with Crippen molar-refractivity contribution in [1.29, 1.82) is 0 Å². The van der Waals surface area contributed by atoms with Crippen molar-refractivity contribution in [3.05, 3.63) is 71.9 Å². The van der Waals surface area contributed by atoms with Crippen LogP contribution in [-0.4, -0.2) is 27.7 Å². The third-order valence-corrected chi connectivity index (χ3v) is 4.35. The van der Waals surface area contributed by atoms with Gasteiger partial charge >= 0.3 is 6.03 Å². The highest BCUT2D eigenvalue weighted by Gasteiger charge is 2.21. The van der Waals surface area contributed by atoms with Crippen LogP contribution in [0.2, 0.25) is 0 Å². The van der Waals surface area contributed by atoms with Gasteiger partial charge in [0.15, 0.2) is 0 Å². The lowest BCUT2D eigenvalue weighted by Crippen LogP contribution is -2.38. The number of rotatable bonds is 2. The first-order valence-electron chi connectivity index (χ1n) is 8.03. The number of H-pyrrole nitrogens is 1. The van der Waals surface area contributed by atoms with Crippen LogP contribution in [0.1, 0.15) is 11.1 Å². The molecule has 0 unspecified atom stereocenters. The number of fused-ring (bicyclic) bond motifs is 1. The average Bonchev–Trinajstić information content (AvgIpc) is 3.10. The molecule has 2 heterocycles. The molecule has 24 heavy (non-hydrogen) atoms. The number of aromatic nitrogens is 2. The third kappa shape index (κ3) is 2.76. The van der Waals surface area contributed by atoms with Crippen molar-refractivity contribution in [3.8, 4) is 11.3 Å². The summed E-state index contributed by atoms with van der Waals surface area (Å²) in [6.07, 6.45) is 2.61. The van der Waals surface area contributed by atoms with Crippen LogP contribution in [0.5, 0.6) is 0 Å². The summed E-state index contributed by atoms with van der Waals surface area (Å²) < 4.78 is 0. The second kappa shape index (κ2) is 6.20. The fourth-order valence-corrected chi connectivity index (χ4v) is 3.06. The van der Waals surface area contributed by atoms with Gasteiger partial charge in [-0.25, -0.2) is 4.79 Å². The summed E-state index contributed by atoms with van der Waals surface area (Å²) in [7, 11) is 0. The van der Waals surface area contributed by atoms with Crippen LogP contribution in [0.15, 0.2) is 60.8 Å². The maximum atomic E-state index is 12.6. The Morgan fingerprint density at radius 1 is 1.04 bits per heavy atom. The Balaban J connectivity index is 1.51. The molecule has 1 aromatic heterocycles. The van der Waals surface area contributed by atoms with Crippen molar-refractivity contribution in [1.82, 2.24) is 15.1 Å². The molecule has 0 saturated heterocycles. The molecular weight excluding hydrogens is 300 g/mol. The van der Waals surface area contributed by atoms with E-state index < -0.39 is 0 Å². The van der Waals surface area contributed by atoms with Crippen LogP contribution in [0.4, 0.5) is 10.5 Å². The first-order chi connectivity index (χ1) is 11.8. The number of benzene rings is 2. The van der Waals surface area contributed by atoms with E-state index in [2.05, 4.69) is 27.6 Å². The van der Waals surface area contributed by atoms with Gasteiger partial charge in [0.2, 0.25) is 0 Å². The van der Waals surface area contributed by atoms with E-state index in [0.717, 1.165) is 24.2 Å². The van der Waals surface area contributed by atoms with Gasteiger partial charge in [-0.05, 0) is 17.5 Å². The Bertz CT molecular complexity index is 857. The van der Waals surface area contributed by atoms with Crippen molar-refractivity contribution >= 4 is 11.7 Å². The van der Waals surface area contributed by atoms with Gasteiger partial charge < -0.3 is 10.2 Å². The number of nitrogens with zero attached hydrogens (tertiary/aromatic N) is 2. The first kappa shape index (κ1) is 14.5. The van der Waals surface area contributed by atoms with Gasteiger partial charge in [-0.1, -0.05) is 54.6 Å². The standard InChI is InChI=1S/C19H18N4O/c24-19(23-11-10-14-6-4-5-9-16(14)13-23)21-17-12-20-22-18(17)15-7-2-1-3-8-15/h1-9,12H,10-11,13H2,(H,20,22)(H,21,24). The molecule has 5 nitrogen and oxygen atoms in total. The van der Waals surface area contributed by atoms with E-state index in [1.165, 1.54) is 11.1 Å². The van der Waals surface area contributed by atoms with Crippen molar-refractivity contribution in [2.75, 3.05) is 11.9 Å². The van der Waals surface area contributed by atoms with Crippen LogP contribution in [0, 0.1) is 0 Å². The SMILES string of the molecule is O=C(Nc1c[nH]nc1-c1ccccc1)N1CCc2ccccc2C1. The second-order valence-electron chi connectivity index (χ2n) is 5.88. The van der Waals surface area contributed by atoms with Crippen molar-refractivity contribution in [2.45, 2.75) is 13.0 Å². The maximum absolute atomic E-state index is 12.6. The molecule has 0 radical (unpaired) electrons. The highest BCUT2D eigenvalue weighted by Crippen LogP contribution is 2.26. The lowest BCUT2D eigenvalue weighted by molar-refractivity contribution is 0.206. The molecule has 4 rings (SSSR count). The van der Waals surface area contributed by atoms with Crippen molar-refractivity contribution < 1.29 is 4.79 Å². The second-order valence-corrected chi connectivity index (χ2v) is 5.88. The molecule has 0 aliphatic carbocycles. The zero-order valence-corrected chi connectivity index (χ0v) is 13.2. The molecule has 1 aliphatic heterocycles. The normalized spacial score (nSPS) is 13.4. The number of nitrogens with one attached hydrogen (secondary N) is 2. The summed E-state index contributed by atoms with van der Waals surface area (Å²) in [5.74, 6) is 0. The Morgan fingerprint density at radius 2 is 1.79 bits per heavy atom. The average molecular weight is 318 g/mol. The van der Waals surface area contributed by atoms with Gasteiger partial charge in [0.25, 0.3) is 0 Å². The monoisotopic (exact) mass is 318 g/mol. The van der Waals surface area contributed by atoms with Crippen LogP contribution < -0.4 is 5.32 Å². The van der Waals surface area contributed by atoms with Gasteiger partial charge in [0.05, 0.1) is 5.69 Å². The topological polar surface area (TPSA) is 61.0 Å². The predicted molar refractivity (Wildman–Crippen MR) is 93.6 cm³/mol. The van der Waals surface area contributed by atoms with E-state index in [-0.39, 0.29) is 6.03 Å². The summed E-state index contributed by atoms with van der Waals surface area (Å²) in [5.41, 5.74) is 4.97. The quantitative estimate of drug-likeness (QED) is 0.757. The van der Waals surface area contributed by atoms with E-state index in [1.54, 1.807) is 6.20 Å². The number of hydrogen-bond donors (Lipinski definition) is 2. The zero-order chi connectivity index (χ0) is 16.4. The maximum Gasteiger partial charge on any atom is 0.322 e. The van der Waals surface area contributed by atoms with Crippen molar-refractivity contribution in [2.24, 2.45) is 0 Å². The Kier molecular flexibility index (Phi) is 3.75. The number of anilines is 1. The minimum absolute atomic E-state index is 0.0944. The van der Waals surface area contributed by atoms with Crippen LogP contribution in [0.3, 0.4) is 0 Å². The van der Waals surface area contributed by atoms with Crippen molar-refractivity contribution in [3.63, 3.8) is 0 Å². The van der Waals surface area contributed by atoms with Gasteiger partial charge in [-0.3, -0.25) is 5.10 Å². The zero-order valence-electron chi connectivity index (χ0n) is 13.2. The van der Waals surface area contributed by atoms with Gasteiger partial charge in [-0.2, -0.15) is 5.10 Å². The fourth-order valence-electron chi connectivity index (χ4n) is 3.06. The van der Waals surface area contributed by atoms with Crippen LogP contribution in [0.25, 0.3) is 11.3 Å². The summed E-state index contributed by atoms with van der Waals surface area (Å²) in [4.78, 5) is 14.5. The smallest absolute Gasteiger partial charge is 0.320 e. The molecule has 2 amide bonds. The summed E-state index contributed by atoms with van der Waals surface area (Å²) in [6.45, 7) is 1.36. The third-order valence-electron chi connectivity index (χ3n) is 4.35. The molecule has 0 fully saturated rings. The van der Waals surface area contributed by atoms with Crippen LogP contribution in [-0.2, 0) is 13.0 Å². The van der Waals surface area contributed by atoms with E-state index in [1.807, 2.05) is 47.4 Å².